The minimum Gasteiger partial charge on any atom is -0.490 e. The molecule has 1 aromatic rings. The lowest BCUT2D eigenvalue weighted by molar-refractivity contribution is 0.170. The lowest BCUT2D eigenvalue weighted by Crippen LogP contribution is -2.49. The van der Waals surface area contributed by atoms with E-state index in [1.165, 1.54) is 38.2 Å². The summed E-state index contributed by atoms with van der Waals surface area (Å²) >= 11 is 0. The molecule has 140 valence electrons. The molecule has 2 fully saturated rings. The van der Waals surface area contributed by atoms with E-state index in [9.17, 15) is 0 Å². The number of nitrogens with one attached hydrogen (secondary N) is 1. The van der Waals surface area contributed by atoms with E-state index in [4.69, 9.17) is 9.47 Å². The second-order valence-corrected chi connectivity index (χ2v) is 7.03. The molecule has 0 radical (unpaired) electrons. The van der Waals surface area contributed by atoms with Gasteiger partial charge in [0, 0.05) is 51.9 Å². The van der Waals surface area contributed by atoms with Crippen LogP contribution < -0.4 is 14.8 Å². The first-order chi connectivity index (χ1) is 12.3. The average Bonchev–Trinajstić information content (AvgIpc) is 3.11. The van der Waals surface area contributed by atoms with E-state index in [1.807, 2.05) is 6.92 Å². The molecule has 0 aromatic heterocycles. The fourth-order valence-electron chi connectivity index (χ4n) is 3.81. The summed E-state index contributed by atoms with van der Waals surface area (Å²) in [7, 11) is 0. The van der Waals surface area contributed by atoms with Gasteiger partial charge in [0.05, 0.1) is 13.2 Å². The predicted octanol–water partition coefficient (Wildman–Crippen LogP) is 2.35. The van der Waals surface area contributed by atoms with Crippen LogP contribution in [0, 0.1) is 0 Å². The van der Waals surface area contributed by atoms with Crippen molar-refractivity contribution in [1.82, 2.24) is 15.1 Å². The smallest absolute Gasteiger partial charge is 0.161 e. The minimum absolute atomic E-state index is 0.667. The maximum Gasteiger partial charge on any atom is 0.161 e. The maximum absolute atomic E-state index is 5.81. The fourth-order valence-corrected chi connectivity index (χ4v) is 3.81. The summed E-state index contributed by atoms with van der Waals surface area (Å²) in [5, 5.41) is 3.45. The second kappa shape index (κ2) is 9.41. The first-order valence-corrected chi connectivity index (χ1v) is 9.85. The minimum atomic E-state index is 0.667. The zero-order chi connectivity index (χ0) is 17.5. The highest BCUT2D eigenvalue weighted by atomic mass is 16.5. The van der Waals surface area contributed by atoms with E-state index < -0.39 is 0 Å². The molecule has 0 spiro atoms. The molecule has 0 aliphatic carbocycles. The third kappa shape index (κ3) is 5.09. The third-order valence-electron chi connectivity index (χ3n) is 5.09. The van der Waals surface area contributed by atoms with Gasteiger partial charge in [0.1, 0.15) is 0 Å². The zero-order valence-corrected chi connectivity index (χ0v) is 15.8. The average molecular weight is 348 g/mol. The van der Waals surface area contributed by atoms with Crippen molar-refractivity contribution in [3.63, 3.8) is 0 Å². The van der Waals surface area contributed by atoms with Crippen LogP contribution in [0.4, 0.5) is 0 Å². The molecule has 5 heteroatoms. The number of nitrogens with zero attached hydrogens (tertiary/aromatic N) is 2. The summed E-state index contributed by atoms with van der Waals surface area (Å²) in [4.78, 5) is 5.23. The summed E-state index contributed by atoms with van der Waals surface area (Å²) in [6.45, 7) is 13.6. The fraction of sp³-hybridized carbons (Fsp3) is 0.700. The number of rotatable bonds is 8. The Morgan fingerprint density at radius 3 is 2.68 bits per heavy atom. The monoisotopic (exact) mass is 347 g/mol. The molecule has 1 N–H and O–H groups in total. The van der Waals surface area contributed by atoms with E-state index in [2.05, 4.69) is 40.2 Å². The lowest BCUT2D eigenvalue weighted by atomic mass is 10.2. The van der Waals surface area contributed by atoms with Crippen LogP contribution >= 0.6 is 0 Å². The summed E-state index contributed by atoms with van der Waals surface area (Å²) < 4.78 is 11.6. The quantitative estimate of drug-likeness (QED) is 0.781. The normalized spacial score (nSPS) is 22.2. The van der Waals surface area contributed by atoms with Crippen LogP contribution in [0.5, 0.6) is 11.5 Å². The number of benzene rings is 1. The van der Waals surface area contributed by atoms with Crippen molar-refractivity contribution in [3.8, 4) is 11.5 Å². The van der Waals surface area contributed by atoms with Crippen molar-refractivity contribution in [2.24, 2.45) is 0 Å². The van der Waals surface area contributed by atoms with Crippen LogP contribution in [0.2, 0.25) is 0 Å². The van der Waals surface area contributed by atoms with Gasteiger partial charge in [-0.25, -0.2) is 0 Å². The highest BCUT2D eigenvalue weighted by molar-refractivity contribution is 5.43. The molecule has 0 amide bonds. The number of likely N-dealkylation sites (tertiary alicyclic amines) is 1. The molecule has 25 heavy (non-hydrogen) atoms. The molecule has 0 bridgehead atoms. The van der Waals surface area contributed by atoms with Crippen LogP contribution in [0.3, 0.4) is 0 Å². The molecule has 1 atom stereocenters. The van der Waals surface area contributed by atoms with Gasteiger partial charge >= 0.3 is 0 Å². The Bertz CT molecular complexity index is 532. The largest absolute Gasteiger partial charge is 0.490 e. The van der Waals surface area contributed by atoms with E-state index in [1.54, 1.807) is 0 Å². The molecule has 3 rings (SSSR count). The van der Waals surface area contributed by atoms with E-state index in [-0.39, 0.29) is 0 Å². The van der Waals surface area contributed by atoms with E-state index >= 15 is 0 Å². The number of hydrogen-bond acceptors (Lipinski definition) is 5. The standard InChI is InChI=1S/C20H33N3O2/c1-3-13-25-19-6-5-17(14-20(19)24-4-2)15-22-10-7-18(16-22)23-11-8-21-9-12-23/h5-6,14,18,21H,3-4,7-13,15-16H2,1-2H3. The molecule has 2 aliphatic rings. The molecule has 2 aliphatic heterocycles. The van der Waals surface area contributed by atoms with Gasteiger partial charge in [-0.1, -0.05) is 13.0 Å². The highest BCUT2D eigenvalue weighted by Gasteiger charge is 2.28. The molecule has 0 saturated carbocycles. The van der Waals surface area contributed by atoms with Crippen molar-refractivity contribution < 1.29 is 9.47 Å². The predicted molar refractivity (Wildman–Crippen MR) is 102 cm³/mol. The Labute approximate surface area is 152 Å². The third-order valence-corrected chi connectivity index (χ3v) is 5.09. The van der Waals surface area contributed by atoms with Crippen molar-refractivity contribution in [1.29, 1.82) is 0 Å². The van der Waals surface area contributed by atoms with Gasteiger partial charge in [0.25, 0.3) is 0 Å². The van der Waals surface area contributed by atoms with Crippen molar-refractivity contribution >= 4 is 0 Å². The molecule has 2 saturated heterocycles. The number of ether oxygens (including phenoxy) is 2. The first kappa shape index (κ1) is 18.5. The molecule has 1 unspecified atom stereocenters. The van der Waals surface area contributed by atoms with Crippen LogP contribution in [0.25, 0.3) is 0 Å². The van der Waals surface area contributed by atoms with Gasteiger partial charge in [0.2, 0.25) is 0 Å². The highest BCUT2D eigenvalue weighted by Crippen LogP contribution is 2.30. The number of piperazine rings is 1. The van der Waals surface area contributed by atoms with E-state index in [0.29, 0.717) is 6.61 Å². The molecular weight excluding hydrogens is 314 g/mol. The Morgan fingerprint density at radius 1 is 1.08 bits per heavy atom. The topological polar surface area (TPSA) is 37.0 Å². The van der Waals surface area contributed by atoms with Gasteiger partial charge in [-0.05, 0) is 37.5 Å². The molecule has 2 heterocycles. The number of hydrogen-bond donors (Lipinski definition) is 1. The Morgan fingerprint density at radius 2 is 1.92 bits per heavy atom. The Balaban J connectivity index is 1.57. The maximum atomic E-state index is 5.81. The Kier molecular flexibility index (Phi) is 6.96. The first-order valence-electron chi connectivity index (χ1n) is 9.85. The van der Waals surface area contributed by atoms with Gasteiger partial charge in [-0.15, -0.1) is 0 Å². The zero-order valence-electron chi connectivity index (χ0n) is 15.8. The van der Waals surface area contributed by atoms with Crippen molar-refractivity contribution in [2.45, 2.75) is 39.3 Å². The Hall–Kier alpha value is -1.30. The van der Waals surface area contributed by atoms with Crippen LogP contribution in [-0.4, -0.2) is 68.3 Å². The van der Waals surface area contributed by atoms with Crippen LogP contribution in [-0.2, 0) is 6.54 Å². The molecule has 1 aromatic carbocycles. The van der Waals surface area contributed by atoms with Gasteiger partial charge in [-0.2, -0.15) is 0 Å². The molecule has 5 nitrogen and oxygen atoms in total. The summed E-state index contributed by atoms with van der Waals surface area (Å²) in [6, 6.07) is 7.14. The van der Waals surface area contributed by atoms with Crippen LogP contribution in [0.15, 0.2) is 18.2 Å². The van der Waals surface area contributed by atoms with Gasteiger partial charge in [0.15, 0.2) is 11.5 Å². The van der Waals surface area contributed by atoms with Crippen molar-refractivity contribution in [3.05, 3.63) is 23.8 Å². The summed E-state index contributed by atoms with van der Waals surface area (Å²) in [6.07, 6.45) is 2.30. The second-order valence-electron chi connectivity index (χ2n) is 7.03. The molecular formula is C20H33N3O2. The van der Waals surface area contributed by atoms with Gasteiger partial charge < -0.3 is 14.8 Å². The van der Waals surface area contributed by atoms with Crippen molar-refractivity contribution in [2.75, 3.05) is 52.5 Å². The van der Waals surface area contributed by atoms with Gasteiger partial charge in [-0.3, -0.25) is 9.80 Å². The summed E-state index contributed by atoms with van der Waals surface area (Å²) in [5.41, 5.74) is 1.31. The SMILES string of the molecule is CCCOc1ccc(CN2CCC(N3CCNCC3)C2)cc1OCC. The van der Waals surface area contributed by atoms with E-state index in [0.717, 1.165) is 50.2 Å². The lowest BCUT2D eigenvalue weighted by Gasteiger charge is -2.32. The summed E-state index contributed by atoms with van der Waals surface area (Å²) in [5.74, 6) is 1.75. The van der Waals surface area contributed by atoms with Crippen LogP contribution in [0.1, 0.15) is 32.3 Å².